The van der Waals surface area contributed by atoms with Crippen molar-refractivity contribution in [3.05, 3.63) is 47.7 Å². The summed E-state index contributed by atoms with van der Waals surface area (Å²) in [6, 6.07) is 11.2. The highest BCUT2D eigenvalue weighted by Crippen LogP contribution is 2.11. The molecule has 22 heavy (non-hydrogen) atoms. The molecule has 2 aromatic rings. The number of nitrogens with zero attached hydrogens (tertiary/aromatic N) is 2. The molecule has 0 spiro atoms. The molecule has 6 heteroatoms. The second-order valence-corrected chi connectivity index (χ2v) is 5.13. The summed E-state index contributed by atoms with van der Waals surface area (Å²) in [5.41, 5.74) is 1.28. The van der Waals surface area contributed by atoms with E-state index < -0.39 is 0 Å². The standard InChI is InChI=1S/C16H20N4O2/c1-11(2)18-15-9-8-14(19-20-15)16(21)17-10-12-4-6-13(22-3)7-5-12/h4-9,11H,10H2,1-3H3,(H,17,21)(H,18,20). The summed E-state index contributed by atoms with van der Waals surface area (Å²) in [7, 11) is 1.62. The zero-order valence-corrected chi connectivity index (χ0v) is 13.0. The maximum absolute atomic E-state index is 12.0. The Labute approximate surface area is 129 Å². The molecule has 0 unspecified atom stereocenters. The molecule has 116 valence electrons. The first-order valence-electron chi connectivity index (χ1n) is 7.10. The third-order valence-electron chi connectivity index (χ3n) is 2.95. The zero-order chi connectivity index (χ0) is 15.9. The highest BCUT2D eigenvalue weighted by atomic mass is 16.5. The highest BCUT2D eigenvalue weighted by molar-refractivity contribution is 5.92. The summed E-state index contributed by atoms with van der Waals surface area (Å²) in [6.07, 6.45) is 0. The van der Waals surface area contributed by atoms with Crippen LogP contribution in [-0.2, 0) is 6.54 Å². The summed E-state index contributed by atoms with van der Waals surface area (Å²) >= 11 is 0. The molecule has 0 saturated carbocycles. The predicted octanol–water partition coefficient (Wildman–Crippen LogP) is 2.24. The molecule has 2 rings (SSSR count). The number of nitrogens with one attached hydrogen (secondary N) is 2. The summed E-state index contributed by atoms with van der Waals surface area (Å²) in [5, 5.41) is 13.8. The van der Waals surface area contributed by atoms with Crippen LogP contribution in [0.4, 0.5) is 5.82 Å². The van der Waals surface area contributed by atoms with Gasteiger partial charge in [0.05, 0.1) is 7.11 Å². The number of hydrogen-bond donors (Lipinski definition) is 2. The molecular formula is C16H20N4O2. The van der Waals surface area contributed by atoms with Crippen LogP contribution in [-0.4, -0.2) is 29.3 Å². The molecule has 0 radical (unpaired) electrons. The number of anilines is 1. The lowest BCUT2D eigenvalue weighted by molar-refractivity contribution is 0.0945. The van der Waals surface area contributed by atoms with Crippen molar-refractivity contribution in [2.24, 2.45) is 0 Å². The summed E-state index contributed by atoms with van der Waals surface area (Å²) in [4.78, 5) is 12.0. The van der Waals surface area contributed by atoms with Gasteiger partial charge in [0.15, 0.2) is 5.69 Å². The van der Waals surface area contributed by atoms with E-state index >= 15 is 0 Å². The minimum absolute atomic E-state index is 0.251. The Balaban J connectivity index is 1.91. The van der Waals surface area contributed by atoms with Gasteiger partial charge in [0.25, 0.3) is 5.91 Å². The van der Waals surface area contributed by atoms with Crippen molar-refractivity contribution in [1.82, 2.24) is 15.5 Å². The Bertz CT molecular complexity index is 609. The summed E-state index contributed by atoms with van der Waals surface area (Å²) < 4.78 is 5.09. The van der Waals surface area contributed by atoms with E-state index in [1.807, 2.05) is 38.1 Å². The number of rotatable bonds is 6. The summed E-state index contributed by atoms with van der Waals surface area (Å²) in [5.74, 6) is 1.19. The fraction of sp³-hybridized carbons (Fsp3) is 0.312. The van der Waals surface area contributed by atoms with E-state index in [1.165, 1.54) is 0 Å². The van der Waals surface area contributed by atoms with Crippen LogP contribution in [0.1, 0.15) is 29.9 Å². The van der Waals surface area contributed by atoms with Crippen molar-refractivity contribution in [2.75, 3.05) is 12.4 Å². The molecule has 1 amide bonds. The van der Waals surface area contributed by atoms with E-state index in [9.17, 15) is 4.79 Å². The number of carbonyl (C=O) groups is 1. The lowest BCUT2D eigenvalue weighted by Crippen LogP contribution is -2.24. The fourth-order valence-electron chi connectivity index (χ4n) is 1.84. The van der Waals surface area contributed by atoms with E-state index in [0.29, 0.717) is 18.1 Å². The first kappa shape index (κ1) is 15.8. The smallest absolute Gasteiger partial charge is 0.272 e. The SMILES string of the molecule is COc1ccc(CNC(=O)c2ccc(NC(C)C)nn2)cc1. The van der Waals surface area contributed by atoms with Crippen LogP contribution in [0.3, 0.4) is 0 Å². The third kappa shape index (κ3) is 4.44. The van der Waals surface area contributed by atoms with Gasteiger partial charge in [-0.25, -0.2) is 0 Å². The number of carbonyl (C=O) groups excluding carboxylic acids is 1. The van der Waals surface area contributed by atoms with Crippen molar-refractivity contribution >= 4 is 11.7 Å². The Morgan fingerprint density at radius 2 is 1.86 bits per heavy atom. The molecule has 0 fully saturated rings. The number of ether oxygens (including phenoxy) is 1. The zero-order valence-electron chi connectivity index (χ0n) is 13.0. The average molecular weight is 300 g/mol. The minimum atomic E-state index is -0.251. The monoisotopic (exact) mass is 300 g/mol. The molecule has 0 aliphatic heterocycles. The number of benzene rings is 1. The quantitative estimate of drug-likeness (QED) is 0.855. The Morgan fingerprint density at radius 3 is 2.41 bits per heavy atom. The Morgan fingerprint density at radius 1 is 1.14 bits per heavy atom. The Hall–Kier alpha value is -2.63. The van der Waals surface area contributed by atoms with Crippen LogP contribution in [0.5, 0.6) is 5.75 Å². The van der Waals surface area contributed by atoms with Gasteiger partial charge in [0.1, 0.15) is 11.6 Å². The molecule has 0 aliphatic carbocycles. The first-order chi connectivity index (χ1) is 10.6. The Kier molecular flexibility index (Phi) is 5.30. The molecule has 1 aromatic heterocycles. The highest BCUT2D eigenvalue weighted by Gasteiger charge is 2.08. The maximum Gasteiger partial charge on any atom is 0.272 e. The van der Waals surface area contributed by atoms with Crippen LogP contribution < -0.4 is 15.4 Å². The molecule has 0 saturated heterocycles. The van der Waals surface area contributed by atoms with E-state index in [2.05, 4.69) is 20.8 Å². The first-order valence-corrected chi connectivity index (χ1v) is 7.10. The molecule has 6 nitrogen and oxygen atoms in total. The van der Waals surface area contributed by atoms with Gasteiger partial charge in [-0.3, -0.25) is 4.79 Å². The second-order valence-electron chi connectivity index (χ2n) is 5.13. The molecule has 0 aliphatic rings. The molecule has 2 N–H and O–H groups in total. The van der Waals surface area contributed by atoms with Crippen molar-refractivity contribution in [3.63, 3.8) is 0 Å². The van der Waals surface area contributed by atoms with Gasteiger partial charge in [-0.1, -0.05) is 12.1 Å². The van der Waals surface area contributed by atoms with Crippen LogP contribution >= 0.6 is 0 Å². The topological polar surface area (TPSA) is 76.1 Å². The van der Waals surface area contributed by atoms with Crippen LogP contribution in [0.2, 0.25) is 0 Å². The molecular weight excluding hydrogens is 280 g/mol. The van der Waals surface area contributed by atoms with Gasteiger partial charge < -0.3 is 15.4 Å². The van der Waals surface area contributed by atoms with E-state index in [-0.39, 0.29) is 11.9 Å². The normalized spacial score (nSPS) is 10.4. The average Bonchev–Trinajstić information content (AvgIpc) is 2.53. The lowest BCUT2D eigenvalue weighted by atomic mass is 10.2. The number of hydrogen-bond acceptors (Lipinski definition) is 5. The minimum Gasteiger partial charge on any atom is -0.497 e. The maximum atomic E-state index is 12.0. The van der Waals surface area contributed by atoms with Gasteiger partial charge in [-0.15, -0.1) is 10.2 Å². The molecule has 1 aromatic carbocycles. The largest absolute Gasteiger partial charge is 0.497 e. The number of amides is 1. The fourth-order valence-corrected chi connectivity index (χ4v) is 1.84. The van der Waals surface area contributed by atoms with Gasteiger partial charge in [-0.2, -0.15) is 0 Å². The third-order valence-corrected chi connectivity index (χ3v) is 2.95. The number of methoxy groups -OCH3 is 1. The van der Waals surface area contributed by atoms with Crippen molar-refractivity contribution in [1.29, 1.82) is 0 Å². The van der Waals surface area contributed by atoms with Gasteiger partial charge in [-0.05, 0) is 43.7 Å². The molecule has 1 heterocycles. The van der Waals surface area contributed by atoms with Crippen molar-refractivity contribution in [3.8, 4) is 5.75 Å². The van der Waals surface area contributed by atoms with E-state index in [4.69, 9.17) is 4.74 Å². The second kappa shape index (κ2) is 7.40. The van der Waals surface area contributed by atoms with Crippen LogP contribution in [0.15, 0.2) is 36.4 Å². The summed E-state index contributed by atoms with van der Waals surface area (Å²) in [6.45, 7) is 4.45. The van der Waals surface area contributed by atoms with Crippen molar-refractivity contribution < 1.29 is 9.53 Å². The van der Waals surface area contributed by atoms with Gasteiger partial charge in [0, 0.05) is 12.6 Å². The van der Waals surface area contributed by atoms with Gasteiger partial charge in [0.2, 0.25) is 0 Å². The number of aromatic nitrogens is 2. The van der Waals surface area contributed by atoms with Crippen molar-refractivity contribution in [2.45, 2.75) is 26.4 Å². The van der Waals surface area contributed by atoms with Gasteiger partial charge >= 0.3 is 0 Å². The van der Waals surface area contributed by atoms with E-state index in [1.54, 1.807) is 19.2 Å². The lowest BCUT2D eigenvalue weighted by Gasteiger charge is -2.09. The molecule has 0 atom stereocenters. The van der Waals surface area contributed by atoms with Crippen LogP contribution in [0.25, 0.3) is 0 Å². The predicted molar refractivity (Wildman–Crippen MR) is 85.0 cm³/mol. The van der Waals surface area contributed by atoms with E-state index in [0.717, 1.165) is 11.3 Å². The molecule has 0 bridgehead atoms. The van der Waals surface area contributed by atoms with Crippen LogP contribution in [0, 0.1) is 0 Å².